The van der Waals surface area contributed by atoms with E-state index in [1.807, 2.05) is 0 Å². The van der Waals surface area contributed by atoms with Crippen LogP contribution in [0.25, 0.3) is 0 Å². The highest BCUT2D eigenvalue weighted by atomic mass is 19.1. The first-order valence-electron chi connectivity index (χ1n) is 5.53. The third-order valence-corrected chi connectivity index (χ3v) is 2.76. The van der Waals surface area contributed by atoms with E-state index in [4.69, 9.17) is 4.74 Å². The summed E-state index contributed by atoms with van der Waals surface area (Å²) >= 11 is 0. The van der Waals surface area contributed by atoms with Crippen LogP contribution in [-0.4, -0.2) is 17.9 Å². The monoisotopic (exact) mass is 263 g/mol. The van der Waals surface area contributed by atoms with Crippen molar-refractivity contribution in [1.82, 2.24) is 4.98 Å². The Morgan fingerprint density at radius 1 is 1.26 bits per heavy atom. The number of halogens is 2. The molecule has 0 fully saturated rings. The van der Waals surface area contributed by atoms with Crippen LogP contribution in [0, 0.1) is 18.6 Å². The molecule has 3 nitrogen and oxygen atoms in total. The molecule has 2 rings (SSSR count). The Kier molecular flexibility index (Phi) is 3.55. The van der Waals surface area contributed by atoms with Gasteiger partial charge in [0.25, 0.3) is 0 Å². The van der Waals surface area contributed by atoms with Gasteiger partial charge in [-0.05, 0) is 24.6 Å². The summed E-state index contributed by atoms with van der Waals surface area (Å²) in [4.78, 5) is 16.0. The van der Waals surface area contributed by atoms with Gasteiger partial charge in [-0.1, -0.05) is 6.07 Å². The summed E-state index contributed by atoms with van der Waals surface area (Å²) in [5, 5.41) is 0. The van der Waals surface area contributed by atoms with Crippen molar-refractivity contribution in [1.29, 1.82) is 0 Å². The van der Waals surface area contributed by atoms with E-state index in [1.54, 1.807) is 0 Å². The van der Waals surface area contributed by atoms with E-state index in [0.717, 1.165) is 6.07 Å². The smallest absolute Gasteiger partial charge is 0.202 e. The van der Waals surface area contributed by atoms with Crippen molar-refractivity contribution >= 4 is 5.78 Å². The molecular formula is C14H11F2NO2. The summed E-state index contributed by atoms with van der Waals surface area (Å²) in [6, 6.07) is 3.72. The molecule has 5 heteroatoms. The van der Waals surface area contributed by atoms with E-state index in [9.17, 15) is 13.6 Å². The van der Waals surface area contributed by atoms with Gasteiger partial charge in [0, 0.05) is 6.20 Å². The number of aromatic nitrogens is 1. The molecule has 0 saturated carbocycles. The number of nitrogens with zero attached hydrogens (tertiary/aromatic N) is 1. The number of ether oxygens (including phenoxy) is 1. The fourth-order valence-electron chi connectivity index (χ4n) is 1.73. The Labute approximate surface area is 108 Å². The van der Waals surface area contributed by atoms with E-state index in [2.05, 4.69) is 4.98 Å². The fourth-order valence-corrected chi connectivity index (χ4v) is 1.73. The number of aryl methyl sites for hydroxylation is 1. The lowest BCUT2D eigenvalue weighted by atomic mass is 10.0. The zero-order valence-corrected chi connectivity index (χ0v) is 10.4. The topological polar surface area (TPSA) is 39.2 Å². The van der Waals surface area contributed by atoms with Crippen molar-refractivity contribution in [3.8, 4) is 5.75 Å². The van der Waals surface area contributed by atoms with Crippen LogP contribution in [0.5, 0.6) is 5.75 Å². The van der Waals surface area contributed by atoms with Crippen molar-refractivity contribution < 1.29 is 18.3 Å². The Morgan fingerprint density at radius 2 is 2.00 bits per heavy atom. The van der Waals surface area contributed by atoms with E-state index >= 15 is 0 Å². The highest BCUT2D eigenvalue weighted by Gasteiger charge is 2.23. The normalized spacial score (nSPS) is 10.3. The van der Waals surface area contributed by atoms with Crippen LogP contribution in [0.2, 0.25) is 0 Å². The highest BCUT2D eigenvalue weighted by molar-refractivity contribution is 6.11. The first-order valence-corrected chi connectivity index (χ1v) is 5.53. The molecule has 0 N–H and O–H groups in total. The van der Waals surface area contributed by atoms with Gasteiger partial charge in [0.15, 0.2) is 0 Å². The lowest BCUT2D eigenvalue weighted by molar-refractivity contribution is 0.102. The Bertz CT molecular complexity index is 641. The van der Waals surface area contributed by atoms with Crippen molar-refractivity contribution in [3.63, 3.8) is 0 Å². The third kappa shape index (κ3) is 2.31. The first-order chi connectivity index (χ1) is 9.06. The van der Waals surface area contributed by atoms with Crippen LogP contribution in [0.4, 0.5) is 8.78 Å². The number of carbonyl (C=O) groups is 1. The van der Waals surface area contributed by atoms with Gasteiger partial charge in [-0.25, -0.2) is 8.78 Å². The van der Waals surface area contributed by atoms with Crippen LogP contribution in [0.1, 0.15) is 21.5 Å². The van der Waals surface area contributed by atoms with Crippen molar-refractivity contribution in [2.75, 3.05) is 7.11 Å². The van der Waals surface area contributed by atoms with Gasteiger partial charge < -0.3 is 4.74 Å². The third-order valence-electron chi connectivity index (χ3n) is 2.76. The van der Waals surface area contributed by atoms with Crippen molar-refractivity contribution in [3.05, 3.63) is 58.9 Å². The molecule has 0 spiro atoms. The van der Waals surface area contributed by atoms with E-state index in [1.165, 1.54) is 38.6 Å². The van der Waals surface area contributed by atoms with Gasteiger partial charge in [0.2, 0.25) is 5.78 Å². The number of carbonyl (C=O) groups excluding carboxylic acids is 1. The average Bonchev–Trinajstić information content (AvgIpc) is 2.43. The second kappa shape index (κ2) is 5.14. The van der Waals surface area contributed by atoms with Crippen LogP contribution in [0.15, 0.2) is 30.6 Å². The minimum atomic E-state index is -0.896. The van der Waals surface area contributed by atoms with E-state index in [0.29, 0.717) is 0 Å². The summed E-state index contributed by atoms with van der Waals surface area (Å²) in [7, 11) is 1.36. The number of methoxy groups -OCH3 is 1. The standard InChI is InChI=1S/C14H11F2NO2/c1-8-3-4-10(15)12(13(8)16)14(18)9-5-6-17-7-11(9)19-2/h3-7H,1-2H3. The zero-order chi connectivity index (χ0) is 14.0. The SMILES string of the molecule is COc1cnccc1C(=O)c1c(F)ccc(C)c1F. The summed E-state index contributed by atoms with van der Waals surface area (Å²) in [6.07, 6.45) is 2.68. The number of ketones is 1. The zero-order valence-electron chi connectivity index (χ0n) is 10.4. The van der Waals surface area contributed by atoms with Gasteiger partial charge in [-0.3, -0.25) is 9.78 Å². The Morgan fingerprint density at radius 3 is 2.68 bits per heavy atom. The molecule has 0 saturated heterocycles. The van der Waals surface area contributed by atoms with Crippen LogP contribution < -0.4 is 4.74 Å². The predicted molar refractivity (Wildman–Crippen MR) is 65.3 cm³/mol. The maximum atomic E-state index is 13.9. The minimum absolute atomic E-state index is 0.0703. The van der Waals surface area contributed by atoms with Crippen LogP contribution in [-0.2, 0) is 0 Å². The maximum absolute atomic E-state index is 13.9. The first kappa shape index (κ1) is 13.1. The molecule has 0 atom stereocenters. The summed E-state index contributed by atoms with van der Waals surface area (Å²) in [5.41, 5.74) is -0.303. The Balaban J connectivity index is 2.60. The number of benzene rings is 1. The van der Waals surface area contributed by atoms with Crippen LogP contribution >= 0.6 is 0 Å². The molecule has 2 aromatic rings. The fraction of sp³-hybridized carbons (Fsp3) is 0.143. The molecule has 0 bridgehead atoms. The molecular weight excluding hydrogens is 252 g/mol. The molecule has 1 aromatic heterocycles. The van der Waals surface area contributed by atoms with Gasteiger partial charge in [0.05, 0.1) is 24.4 Å². The number of pyridine rings is 1. The van der Waals surface area contributed by atoms with Crippen molar-refractivity contribution in [2.45, 2.75) is 6.92 Å². The molecule has 0 amide bonds. The van der Waals surface area contributed by atoms with E-state index < -0.39 is 23.0 Å². The summed E-state index contributed by atoms with van der Waals surface area (Å²) in [5.74, 6) is -2.35. The average molecular weight is 263 g/mol. The molecule has 0 unspecified atom stereocenters. The largest absolute Gasteiger partial charge is 0.494 e. The summed E-state index contributed by atoms with van der Waals surface area (Å²) in [6.45, 7) is 1.47. The van der Waals surface area contributed by atoms with Gasteiger partial charge in [0.1, 0.15) is 17.4 Å². The van der Waals surface area contributed by atoms with Crippen LogP contribution in [0.3, 0.4) is 0 Å². The second-order valence-corrected chi connectivity index (χ2v) is 3.96. The molecule has 0 radical (unpaired) electrons. The maximum Gasteiger partial charge on any atom is 0.202 e. The number of rotatable bonds is 3. The molecule has 0 aliphatic rings. The van der Waals surface area contributed by atoms with Gasteiger partial charge >= 0.3 is 0 Å². The molecule has 98 valence electrons. The molecule has 0 aliphatic heterocycles. The second-order valence-electron chi connectivity index (χ2n) is 3.96. The molecule has 1 heterocycles. The van der Waals surface area contributed by atoms with Gasteiger partial charge in [-0.2, -0.15) is 0 Å². The quantitative estimate of drug-likeness (QED) is 0.799. The highest BCUT2D eigenvalue weighted by Crippen LogP contribution is 2.24. The lowest BCUT2D eigenvalue weighted by Crippen LogP contribution is -2.10. The molecule has 0 aliphatic carbocycles. The van der Waals surface area contributed by atoms with Crippen molar-refractivity contribution in [2.24, 2.45) is 0 Å². The lowest BCUT2D eigenvalue weighted by Gasteiger charge is -2.09. The molecule has 19 heavy (non-hydrogen) atoms. The molecule has 1 aromatic carbocycles. The van der Waals surface area contributed by atoms with E-state index in [-0.39, 0.29) is 16.9 Å². The minimum Gasteiger partial charge on any atom is -0.494 e. The Hall–Kier alpha value is -2.30. The number of hydrogen-bond acceptors (Lipinski definition) is 3. The van der Waals surface area contributed by atoms with Gasteiger partial charge in [-0.15, -0.1) is 0 Å². The number of hydrogen-bond donors (Lipinski definition) is 0. The predicted octanol–water partition coefficient (Wildman–Crippen LogP) is 2.91. The summed E-state index contributed by atoms with van der Waals surface area (Å²) < 4.78 is 32.6.